The van der Waals surface area contributed by atoms with Crippen molar-refractivity contribution in [1.82, 2.24) is 5.43 Å². The summed E-state index contributed by atoms with van der Waals surface area (Å²) in [5, 5.41) is 6.61. The maximum Gasteiger partial charge on any atom is 0.428 e. The van der Waals surface area contributed by atoms with E-state index in [1.807, 2.05) is 0 Å². The number of amides is 2. The topological polar surface area (TPSA) is 107 Å². The van der Waals surface area contributed by atoms with Crippen molar-refractivity contribution in [2.75, 3.05) is 26.6 Å². The molecule has 0 aliphatic rings. The summed E-state index contributed by atoms with van der Waals surface area (Å²) >= 11 is 0. The lowest BCUT2D eigenvalue weighted by atomic mass is 10.2. The van der Waals surface area contributed by atoms with E-state index in [9.17, 15) is 9.59 Å². The number of nitrogens with zero attached hydrogens (tertiary/aromatic N) is 1. The zero-order valence-electron chi connectivity index (χ0n) is 17.4. The number of hydrazone groups is 1. The molecule has 2 aromatic rings. The summed E-state index contributed by atoms with van der Waals surface area (Å²) in [5.74, 6) is 1.47. The highest BCUT2D eigenvalue weighted by Crippen LogP contribution is 2.28. The van der Waals surface area contributed by atoms with Gasteiger partial charge in [-0.3, -0.25) is 4.79 Å². The van der Waals surface area contributed by atoms with Crippen molar-refractivity contribution in [2.45, 2.75) is 20.0 Å². The lowest BCUT2D eigenvalue weighted by molar-refractivity contribution is -0.115. The second-order valence-corrected chi connectivity index (χ2v) is 6.17. The zero-order chi connectivity index (χ0) is 21.9. The fourth-order valence-electron chi connectivity index (χ4n) is 2.42. The molecule has 2 rings (SSSR count). The number of carbonyl (C=O) groups is 2. The minimum absolute atomic E-state index is 0.0286. The highest BCUT2D eigenvalue weighted by molar-refractivity contribution is 6.06. The highest BCUT2D eigenvalue weighted by atomic mass is 16.6. The predicted molar refractivity (Wildman–Crippen MR) is 112 cm³/mol. The summed E-state index contributed by atoms with van der Waals surface area (Å²) < 4.78 is 20.5. The molecular weight excluding hydrogens is 390 g/mol. The van der Waals surface area contributed by atoms with Gasteiger partial charge < -0.3 is 24.3 Å². The number of anilines is 1. The van der Waals surface area contributed by atoms with Crippen molar-refractivity contribution in [3.8, 4) is 17.2 Å². The van der Waals surface area contributed by atoms with Gasteiger partial charge in [0.1, 0.15) is 23.9 Å². The van der Waals surface area contributed by atoms with E-state index < -0.39 is 6.09 Å². The fourth-order valence-corrected chi connectivity index (χ4v) is 2.42. The molecule has 9 nitrogen and oxygen atoms in total. The monoisotopic (exact) mass is 415 g/mol. The molecule has 2 N–H and O–H groups in total. The number of benzene rings is 2. The minimum atomic E-state index is -0.722. The maximum atomic E-state index is 12.3. The first-order chi connectivity index (χ1) is 14.4. The van der Waals surface area contributed by atoms with Crippen LogP contribution in [0, 0.1) is 0 Å². The van der Waals surface area contributed by atoms with E-state index in [1.165, 1.54) is 14.2 Å². The van der Waals surface area contributed by atoms with Gasteiger partial charge in [0.2, 0.25) is 5.91 Å². The third-order valence-electron chi connectivity index (χ3n) is 3.96. The van der Waals surface area contributed by atoms with E-state index in [2.05, 4.69) is 15.8 Å². The van der Waals surface area contributed by atoms with Crippen molar-refractivity contribution >= 4 is 23.4 Å². The molecule has 9 heteroatoms. The minimum Gasteiger partial charge on any atom is -0.497 e. The van der Waals surface area contributed by atoms with Gasteiger partial charge in [0.05, 0.1) is 33.4 Å². The molecule has 2 amide bonds. The smallest absolute Gasteiger partial charge is 0.428 e. The van der Waals surface area contributed by atoms with Crippen LogP contribution in [0.2, 0.25) is 0 Å². The second kappa shape index (κ2) is 11.3. The maximum absolute atomic E-state index is 12.3. The Morgan fingerprint density at radius 1 is 0.933 bits per heavy atom. The van der Waals surface area contributed by atoms with Crippen LogP contribution in [0.15, 0.2) is 47.6 Å². The fraction of sp³-hybridized carbons (Fsp3) is 0.286. The summed E-state index contributed by atoms with van der Waals surface area (Å²) in [4.78, 5) is 24.0. The molecular formula is C21H25N3O6. The number of rotatable bonds is 9. The van der Waals surface area contributed by atoms with Crippen molar-refractivity contribution < 1.29 is 28.5 Å². The van der Waals surface area contributed by atoms with Gasteiger partial charge in [0.15, 0.2) is 0 Å². The number of carbonyl (C=O) groups excluding carboxylic acids is 2. The van der Waals surface area contributed by atoms with Crippen molar-refractivity contribution in [1.29, 1.82) is 0 Å². The van der Waals surface area contributed by atoms with Crippen LogP contribution in [0.4, 0.5) is 10.5 Å². The first kappa shape index (κ1) is 22.5. The number of methoxy groups -OCH3 is 3. The molecule has 0 bridgehead atoms. The van der Waals surface area contributed by atoms with Gasteiger partial charge in [-0.1, -0.05) is 12.1 Å². The molecule has 0 radical (unpaired) electrons. The average molecular weight is 415 g/mol. The lowest BCUT2D eigenvalue weighted by Gasteiger charge is -2.11. The summed E-state index contributed by atoms with van der Waals surface area (Å²) in [5.41, 5.74) is 3.94. The van der Waals surface area contributed by atoms with Crippen LogP contribution in [-0.2, 0) is 16.1 Å². The summed E-state index contributed by atoms with van der Waals surface area (Å²) in [7, 11) is 4.61. The Bertz CT molecular complexity index is 896. The van der Waals surface area contributed by atoms with Crippen LogP contribution in [0.3, 0.4) is 0 Å². The molecule has 160 valence electrons. The van der Waals surface area contributed by atoms with E-state index in [0.717, 1.165) is 5.56 Å². The number of hydrogen-bond acceptors (Lipinski definition) is 7. The number of nitrogens with one attached hydrogen (secondary N) is 2. The number of ether oxygens (including phenoxy) is 4. The Hall–Kier alpha value is -3.75. The van der Waals surface area contributed by atoms with E-state index in [0.29, 0.717) is 28.6 Å². The average Bonchev–Trinajstić information content (AvgIpc) is 2.76. The molecule has 0 unspecified atom stereocenters. The largest absolute Gasteiger partial charge is 0.497 e. The molecule has 30 heavy (non-hydrogen) atoms. The quantitative estimate of drug-likeness (QED) is 0.480. The Kier molecular flexibility index (Phi) is 8.49. The van der Waals surface area contributed by atoms with Gasteiger partial charge in [-0.15, -0.1) is 0 Å². The molecule has 2 aromatic carbocycles. The first-order valence-corrected chi connectivity index (χ1v) is 9.06. The molecule has 0 aliphatic carbocycles. The summed E-state index contributed by atoms with van der Waals surface area (Å²) in [6, 6.07) is 12.2. The Morgan fingerprint density at radius 3 is 2.23 bits per heavy atom. The molecule has 0 aliphatic heterocycles. The van der Waals surface area contributed by atoms with Gasteiger partial charge in [-0.05, 0) is 36.8 Å². The van der Waals surface area contributed by atoms with E-state index in [-0.39, 0.29) is 18.9 Å². The third kappa shape index (κ3) is 7.01. The highest BCUT2D eigenvalue weighted by Gasteiger charge is 2.11. The van der Waals surface area contributed by atoms with E-state index in [1.54, 1.807) is 56.5 Å². The van der Waals surface area contributed by atoms with E-state index >= 15 is 0 Å². The second-order valence-electron chi connectivity index (χ2n) is 6.17. The zero-order valence-corrected chi connectivity index (χ0v) is 17.4. The van der Waals surface area contributed by atoms with Crippen LogP contribution in [0.25, 0.3) is 0 Å². The lowest BCUT2D eigenvalue weighted by Crippen LogP contribution is -2.22. The van der Waals surface area contributed by atoms with Crippen molar-refractivity contribution in [2.24, 2.45) is 5.10 Å². The van der Waals surface area contributed by atoms with Gasteiger partial charge in [-0.2, -0.15) is 5.10 Å². The third-order valence-corrected chi connectivity index (χ3v) is 3.96. The predicted octanol–water partition coefficient (Wildman–Crippen LogP) is 3.34. The van der Waals surface area contributed by atoms with Crippen LogP contribution in [0.5, 0.6) is 17.2 Å². The van der Waals surface area contributed by atoms with Crippen LogP contribution >= 0.6 is 0 Å². The van der Waals surface area contributed by atoms with Gasteiger partial charge >= 0.3 is 6.09 Å². The Morgan fingerprint density at radius 2 is 1.60 bits per heavy atom. The molecule has 0 aromatic heterocycles. The molecule has 0 spiro atoms. The van der Waals surface area contributed by atoms with Gasteiger partial charge in [-0.25, -0.2) is 10.2 Å². The van der Waals surface area contributed by atoms with Crippen molar-refractivity contribution in [3.63, 3.8) is 0 Å². The Balaban J connectivity index is 1.82. The van der Waals surface area contributed by atoms with Crippen LogP contribution < -0.4 is 25.0 Å². The van der Waals surface area contributed by atoms with Crippen molar-refractivity contribution in [3.05, 3.63) is 48.0 Å². The molecule has 0 fully saturated rings. The normalized spacial score (nSPS) is 10.7. The van der Waals surface area contributed by atoms with E-state index in [4.69, 9.17) is 18.9 Å². The van der Waals surface area contributed by atoms with Crippen LogP contribution in [0.1, 0.15) is 18.9 Å². The summed E-state index contributed by atoms with van der Waals surface area (Å²) in [6.07, 6.45) is -0.751. The molecule has 0 saturated carbocycles. The molecule has 0 heterocycles. The molecule has 0 atom stereocenters. The first-order valence-electron chi connectivity index (χ1n) is 9.06. The van der Waals surface area contributed by atoms with Crippen LogP contribution in [-0.4, -0.2) is 39.0 Å². The standard InChI is InChI=1S/C21H25N3O6/c1-14(11-20(25)22-18-12-17(28-3)9-10-19(18)29-4)23-24-21(26)30-13-15-5-7-16(27-2)8-6-15/h5-10,12H,11,13H2,1-4H3,(H,22,25)(H,24,26)/b23-14-. The SMILES string of the molecule is COc1ccc(COC(=O)N/N=C(/C)CC(=O)Nc2cc(OC)ccc2OC)cc1. The summed E-state index contributed by atoms with van der Waals surface area (Å²) in [6.45, 7) is 1.70. The van der Waals surface area contributed by atoms with Gasteiger partial charge in [0.25, 0.3) is 0 Å². The number of hydrogen-bond donors (Lipinski definition) is 2. The Labute approximate surface area is 175 Å². The van der Waals surface area contributed by atoms with Gasteiger partial charge in [0, 0.05) is 11.8 Å². The molecule has 0 saturated heterocycles.